The number of nitriles is 1. The fourth-order valence-corrected chi connectivity index (χ4v) is 2.43. The monoisotopic (exact) mass is 347 g/mol. The van der Waals surface area contributed by atoms with E-state index >= 15 is 0 Å². The van der Waals surface area contributed by atoms with Gasteiger partial charge in [0.25, 0.3) is 5.56 Å². The van der Waals surface area contributed by atoms with Crippen molar-refractivity contribution >= 4 is 5.71 Å². The van der Waals surface area contributed by atoms with Crippen molar-refractivity contribution in [3.63, 3.8) is 0 Å². The van der Waals surface area contributed by atoms with Crippen LogP contribution in [-0.4, -0.2) is 10.4 Å². The summed E-state index contributed by atoms with van der Waals surface area (Å²) in [6.07, 6.45) is -3.45. The van der Waals surface area contributed by atoms with Crippen LogP contribution in [0.2, 0.25) is 0 Å². The van der Waals surface area contributed by atoms with E-state index in [0.29, 0.717) is 17.7 Å². The van der Waals surface area contributed by atoms with Gasteiger partial charge in [0.2, 0.25) is 0 Å². The van der Waals surface area contributed by atoms with Crippen LogP contribution in [-0.2, 0) is 6.18 Å². The highest BCUT2D eigenvalue weighted by molar-refractivity contribution is 5.82. The molecule has 25 heavy (non-hydrogen) atoms. The van der Waals surface area contributed by atoms with Gasteiger partial charge in [0, 0.05) is 11.3 Å². The molecular weight excluding hydrogens is 331 g/mol. The third-order valence-electron chi connectivity index (χ3n) is 3.55. The van der Waals surface area contributed by atoms with Crippen molar-refractivity contribution in [1.82, 2.24) is 4.68 Å². The molecule has 0 saturated carbocycles. The molecule has 4 nitrogen and oxygen atoms in total. The van der Waals surface area contributed by atoms with Crippen LogP contribution in [0.3, 0.4) is 0 Å². The predicted molar refractivity (Wildman–Crippen MR) is 89.3 cm³/mol. The van der Waals surface area contributed by atoms with Crippen LogP contribution in [0.4, 0.5) is 13.2 Å². The zero-order valence-electron chi connectivity index (χ0n) is 13.8. The molecule has 0 aliphatic carbocycles. The maximum absolute atomic E-state index is 13.3. The molecule has 1 aromatic carbocycles. The summed E-state index contributed by atoms with van der Waals surface area (Å²) in [6.45, 7) is 3.61. The van der Waals surface area contributed by atoms with E-state index in [1.54, 1.807) is 37.3 Å². The first kappa shape index (κ1) is 18.5. The molecule has 7 heteroatoms. The van der Waals surface area contributed by atoms with Gasteiger partial charge in [-0.05, 0) is 19.4 Å². The lowest BCUT2D eigenvalue weighted by atomic mass is 10.0. The van der Waals surface area contributed by atoms with Gasteiger partial charge in [-0.1, -0.05) is 43.7 Å². The number of nitrogens with zero attached hydrogens (tertiary/aromatic N) is 3. The SMILES string of the molecule is CCC/C(C)=N/n1c(-c2ccccc2)cc(C(F)(F)F)c(C#N)c1=O. The Balaban J connectivity index is 2.88. The third-order valence-corrected chi connectivity index (χ3v) is 3.55. The Hall–Kier alpha value is -2.88. The van der Waals surface area contributed by atoms with E-state index in [0.717, 1.165) is 17.2 Å². The Morgan fingerprint density at radius 2 is 1.92 bits per heavy atom. The number of pyridine rings is 1. The Bertz CT molecular complexity index is 891. The number of alkyl halides is 3. The molecule has 1 aromatic heterocycles. The Morgan fingerprint density at radius 3 is 2.44 bits per heavy atom. The maximum Gasteiger partial charge on any atom is 0.417 e. The van der Waals surface area contributed by atoms with Crippen molar-refractivity contribution in [1.29, 1.82) is 5.26 Å². The maximum atomic E-state index is 13.3. The Labute approximate surface area is 142 Å². The average Bonchev–Trinajstić information content (AvgIpc) is 2.56. The first-order chi connectivity index (χ1) is 11.8. The second kappa shape index (κ2) is 7.34. The molecule has 0 aliphatic rings. The molecule has 0 N–H and O–H groups in total. The lowest BCUT2D eigenvalue weighted by molar-refractivity contribution is -0.137. The number of hydrogen-bond acceptors (Lipinski definition) is 3. The highest BCUT2D eigenvalue weighted by Gasteiger charge is 2.36. The van der Waals surface area contributed by atoms with Gasteiger partial charge in [-0.2, -0.15) is 28.2 Å². The molecule has 0 radical (unpaired) electrons. The van der Waals surface area contributed by atoms with Gasteiger partial charge >= 0.3 is 6.18 Å². The zero-order valence-corrected chi connectivity index (χ0v) is 13.8. The van der Waals surface area contributed by atoms with Crippen LogP contribution in [0.25, 0.3) is 11.3 Å². The van der Waals surface area contributed by atoms with E-state index in [9.17, 15) is 18.0 Å². The summed E-state index contributed by atoms with van der Waals surface area (Å²) >= 11 is 0. The summed E-state index contributed by atoms with van der Waals surface area (Å²) in [5, 5.41) is 13.2. The van der Waals surface area contributed by atoms with Crippen LogP contribution in [0.5, 0.6) is 0 Å². The third kappa shape index (κ3) is 3.97. The molecule has 0 fully saturated rings. The minimum absolute atomic E-state index is 0.00706. The summed E-state index contributed by atoms with van der Waals surface area (Å²) in [7, 11) is 0. The molecule has 1 heterocycles. The van der Waals surface area contributed by atoms with Gasteiger partial charge in [-0.3, -0.25) is 4.79 Å². The van der Waals surface area contributed by atoms with E-state index in [1.807, 2.05) is 6.92 Å². The molecular formula is C18H16F3N3O. The Morgan fingerprint density at radius 1 is 1.28 bits per heavy atom. The van der Waals surface area contributed by atoms with E-state index < -0.39 is 22.9 Å². The highest BCUT2D eigenvalue weighted by Crippen LogP contribution is 2.33. The smallest absolute Gasteiger partial charge is 0.266 e. The van der Waals surface area contributed by atoms with Crippen molar-refractivity contribution < 1.29 is 13.2 Å². The summed E-state index contributed by atoms with van der Waals surface area (Å²) in [6, 6.07) is 10.4. The standard InChI is InChI=1S/C18H16F3N3O/c1-3-7-12(2)23-24-16(13-8-5-4-6-9-13)10-15(18(19,20)21)14(11-22)17(24)25/h4-6,8-10H,3,7H2,1-2H3/b23-12+. The van der Waals surface area contributed by atoms with E-state index in [-0.39, 0.29) is 5.69 Å². The van der Waals surface area contributed by atoms with Gasteiger partial charge in [-0.25, -0.2) is 0 Å². The molecule has 2 aromatic rings. The van der Waals surface area contributed by atoms with Gasteiger partial charge in [0.15, 0.2) is 0 Å². The minimum Gasteiger partial charge on any atom is -0.266 e. The number of hydrogen-bond donors (Lipinski definition) is 0. The number of benzene rings is 1. The lowest BCUT2D eigenvalue weighted by Crippen LogP contribution is -2.26. The first-order valence-electron chi connectivity index (χ1n) is 7.66. The van der Waals surface area contributed by atoms with Gasteiger partial charge < -0.3 is 0 Å². The zero-order chi connectivity index (χ0) is 18.6. The first-order valence-corrected chi connectivity index (χ1v) is 7.66. The molecule has 0 atom stereocenters. The summed E-state index contributed by atoms with van der Waals surface area (Å²) in [5.41, 5.74) is -2.30. The summed E-state index contributed by atoms with van der Waals surface area (Å²) in [5.74, 6) is 0. The topological polar surface area (TPSA) is 58.1 Å². The molecule has 0 amide bonds. The van der Waals surface area contributed by atoms with Crippen LogP contribution in [0.1, 0.15) is 37.8 Å². The summed E-state index contributed by atoms with van der Waals surface area (Å²) < 4.78 is 40.8. The van der Waals surface area contributed by atoms with E-state index in [4.69, 9.17) is 5.26 Å². The second-order valence-corrected chi connectivity index (χ2v) is 5.50. The van der Waals surface area contributed by atoms with E-state index in [1.165, 1.54) is 6.07 Å². The molecule has 130 valence electrons. The van der Waals surface area contributed by atoms with Gasteiger partial charge in [-0.15, -0.1) is 0 Å². The van der Waals surface area contributed by atoms with Crippen molar-refractivity contribution in [3.05, 3.63) is 57.9 Å². The van der Waals surface area contributed by atoms with Crippen molar-refractivity contribution in [3.8, 4) is 17.3 Å². The largest absolute Gasteiger partial charge is 0.417 e. The number of rotatable bonds is 4. The van der Waals surface area contributed by atoms with Crippen molar-refractivity contribution in [2.75, 3.05) is 0 Å². The normalized spacial score (nSPS) is 12.1. The Kier molecular flexibility index (Phi) is 5.42. The quantitative estimate of drug-likeness (QED) is 0.768. The number of halogens is 3. The van der Waals surface area contributed by atoms with Crippen molar-refractivity contribution in [2.45, 2.75) is 32.9 Å². The average molecular weight is 347 g/mol. The van der Waals surface area contributed by atoms with Crippen molar-refractivity contribution in [2.24, 2.45) is 5.10 Å². The summed E-state index contributed by atoms with van der Waals surface area (Å²) in [4.78, 5) is 12.5. The molecule has 0 bridgehead atoms. The molecule has 0 aliphatic heterocycles. The van der Waals surface area contributed by atoms with Gasteiger partial charge in [0.1, 0.15) is 11.6 Å². The highest BCUT2D eigenvalue weighted by atomic mass is 19.4. The van der Waals surface area contributed by atoms with Crippen LogP contribution in [0.15, 0.2) is 46.3 Å². The minimum atomic E-state index is -4.81. The fraction of sp³-hybridized carbons (Fsp3) is 0.278. The molecule has 0 unspecified atom stereocenters. The lowest BCUT2D eigenvalue weighted by Gasteiger charge is -2.15. The van der Waals surface area contributed by atoms with E-state index in [2.05, 4.69) is 5.10 Å². The molecule has 0 spiro atoms. The molecule has 0 saturated heterocycles. The fourth-order valence-electron chi connectivity index (χ4n) is 2.43. The predicted octanol–water partition coefficient (Wildman–Crippen LogP) is 4.43. The number of aromatic nitrogens is 1. The van der Waals surface area contributed by atoms with Crippen LogP contribution < -0.4 is 5.56 Å². The van der Waals surface area contributed by atoms with Gasteiger partial charge in [0.05, 0.1) is 11.3 Å². The molecule has 2 rings (SSSR count). The van der Waals surface area contributed by atoms with Crippen LogP contribution in [0, 0.1) is 11.3 Å². The second-order valence-electron chi connectivity index (χ2n) is 5.50. The van der Waals surface area contributed by atoms with Crippen LogP contribution >= 0.6 is 0 Å².